The third-order valence-electron chi connectivity index (χ3n) is 4.28. The van der Waals surface area contributed by atoms with E-state index in [1.165, 1.54) is 12.1 Å². The van der Waals surface area contributed by atoms with E-state index in [9.17, 15) is 9.18 Å². The first kappa shape index (κ1) is 14.9. The normalized spacial score (nSPS) is 24.2. The van der Waals surface area contributed by atoms with Crippen LogP contribution in [-0.4, -0.2) is 30.3 Å². The summed E-state index contributed by atoms with van der Waals surface area (Å²) in [5.74, 6) is -1.94. The first-order chi connectivity index (χ1) is 9.36. The van der Waals surface area contributed by atoms with Crippen LogP contribution in [0.1, 0.15) is 36.2 Å². The highest BCUT2D eigenvalue weighted by Crippen LogP contribution is 2.42. The highest BCUT2D eigenvalue weighted by atomic mass is 19.1. The van der Waals surface area contributed by atoms with Gasteiger partial charge < -0.3 is 15.2 Å². The van der Waals surface area contributed by atoms with Crippen molar-refractivity contribution < 1.29 is 19.0 Å². The van der Waals surface area contributed by atoms with Gasteiger partial charge in [0.15, 0.2) is 0 Å². The van der Waals surface area contributed by atoms with Crippen molar-refractivity contribution in [2.24, 2.45) is 5.41 Å². The molecule has 2 rings (SSSR count). The molecule has 0 amide bonds. The zero-order valence-corrected chi connectivity index (χ0v) is 11.9. The van der Waals surface area contributed by atoms with Crippen molar-refractivity contribution in [2.75, 3.05) is 7.11 Å². The third-order valence-corrected chi connectivity index (χ3v) is 4.28. The minimum atomic E-state index is -1.25. The molecule has 1 fully saturated rings. The number of hydrogen-bond acceptors (Lipinski definition) is 3. The Balaban J connectivity index is 1.96. The molecule has 20 heavy (non-hydrogen) atoms. The van der Waals surface area contributed by atoms with Crippen molar-refractivity contribution in [1.29, 1.82) is 0 Å². The molecule has 0 bridgehead atoms. The van der Waals surface area contributed by atoms with E-state index in [0.29, 0.717) is 12.6 Å². The third kappa shape index (κ3) is 2.69. The smallest absolute Gasteiger partial charge is 0.338 e. The van der Waals surface area contributed by atoms with Crippen LogP contribution in [0.4, 0.5) is 4.39 Å². The van der Waals surface area contributed by atoms with Crippen LogP contribution in [0, 0.1) is 11.2 Å². The average molecular weight is 281 g/mol. The topological polar surface area (TPSA) is 58.6 Å². The number of carbonyl (C=O) groups is 1. The SMILES string of the molecule is COC1CC(NCc2ccc(C(=O)O)c(F)c2)C1(C)C. The minimum Gasteiger partial charge on any atom is -0.478 e. The van der Waals surface area contributed by atoms with Crippen LogP contribution in [0.3, 0.4) is 0 Å². The van der Waals surface area contributed by atoms with Gasteiger partial charge in [0.1, 0.15) is 5.82 Å². The molecule has 0 radical (unpaired) electrons. The zero-order valence-electron chi connectivity index (χ0n) is 11.9. The molecule has 0 heterocycles. The number of halogens is 1. The molecule has 2 N–H and O–H groups in total. The molecule has 5 heteroatoms. The predicted molar refractivity (Wildman–Crippen MR) is 73.2 cm³/mol. The van der Waals surface area contributed by atoms with Gasteiger partial charge in [-0.05, 0) is 24.1 Å². The predicted octanol–water partition coefficient (Wildman–Crippen LogP) is 2.43. The standard InChI is InChI=1S/C15H20FNO3/c1-15(2)12(7-13(15)20-3)17-8-9-4-5-10(14(18)19)11(16)6-9/h4-6,12-13,17H,7-8H2,1-3H3,(H,18,19). The molecule has 2 atom stereocenters. The Morgan fingerprint density at radius 1 is 1.55 bits per heavy atom. The van der Waals surface area contributed by atoms with Crippen LogP contribution in [0.2, 0.25) is 0 Å². The van der Waals surface area contributed by atoms with Crippen LogP contribution >= 0.6 is 0 Å². The van der Waals surface area contributed by atoms with E-state index >= 15 is 0 Å². The number of rotatable bonds is 5. The summed E-state index contributed by atoms with van der Waals surface area (Å²) in [6.45, 7) is 4.79. The average Bonchev–Trinajstić information content (AvgIpc) is 2.37. The lowest BCUT2D eigenvalue weighted by molar-refractivity contribution is -0.0979. The largest absolute Gasteiger partial charge is 0.478 e. The van der Waals surface area contributed by atoms with Crippen molar-refractivity contribution in [3.63, 3.8) is 0 Å². The van der Waals surface area contributed by atoms with Gasteiger partial charge in [-0.15, -0.1) is 0 Å². The van der Waals surface area contributed by atoms with Crippen molar-refractivity contribution in [3.05, 3.63) is 35.1 Å². The van der Waals surface area contributed by atoms with Gasteiger partial charge >= 0.3 is 5.97 Å². The van der Waals surface area contributed by atoms with Crippen molar-refractivity contribution in [3.8, 4) is 0 Å². The molecule has 0 aliphatic heterocycles. The number of benzene rings is 1. The van der Waals surface area contributed by atoms with Crippen molar-refractivity contribution in [1.82, 2.24) is 5.32 Å². The molecule has 1 aliphatic rings. The molecular weight excluding hydrogens is 261 g/mol. The number of methoxy groups -OCH3 is 1. The van der Waals surface area contributed by atoms with Gasteiger partial charge in [0.25, 0.3) is 0 Å². The molecule has 110 valence electrons. The second kappa shape index (κ2) is 5.50. The number of nitrogens with one attached hydrogen (secondary N) is 1. The molecule has 2 unspecified atom stereocenters. The summed E-state index contributed by atoms with van der Waals surface area (Å²) in [5, 5.41) is 12.1. The number of carboxylic acids is 1. The van der Waals surface area contributed by atoms with Crippen LogP contribution in [0.15, 0.2) is 18.2 Å². The van der Waals surface area contributed by atoms with E-state index in [4.69, 9.17) is 9.84 Å². The summed E-state index contributed by atoms with van der Waals surface area (Å²) in [5.41, 5.74) is 0.496. The summed E-state index contributed by atoms with van der Waals surface area (Å²) in [4.78, 5) is 10.7. The lowest BCUT2D eigenvalue weighted by atomic mass is 9.64. The fourth-order valence-electron chi connectivity index (χ4n) is 2.71. The molecule has 1 aromatic rings. The summed E-state index contributed by atoms with van der Waals surface area (Å²) in [6, 6.07) is 4.53. The van der Waals surface area contributed by atoms with Crippen LogP contribution in [0.5, 0.6) is 0 Å². The van der Waals surface area contributed by atoms with Gasteiger partial charge in [0.05, 0.1) is 11.7 Å². The molecule has 0 saturated heterocycles. The van der Waals surface area contributed by atoms with Gasteiger partial charge in [-0.1, -0.05) is 19.9 Å². The molecule has 0 aromatic heterocycles. The Kier molecular flexibility index (Phi) is 4.11. The van der Waals surface area contributed by atoms with Gasteiger partial charge in [-0.3, -0.25) is 0 Å². The van der Waals surface area contributed by atoms with Crippen LogP contribution in [0.25, 0.3) is 0 Å². The monoisotopic (exact) mass is 281 g/mol. The van der Waals surface area contributed by atoms with E-state index in [1.54, 1.807) is 13.2 Å². The molecule has 1 aliphatic carbocycles. The van der Waals surface area contributed by atoms with Crippen LogP contribution < -0.4 is 5.32 Å². The van der Waals surface area contributed by atoms with Crippen molar-refractivity contribution in [2.45, 2.75) is 39.0 Å². The van der Waals surface area contributed by atoms with E-state index in [-0.39, 0.29) is 17.1 Å². The number of aromatic carboxylic acids is 1. The minimum absolute atomic E-state index is 0.0499. The van der Waals surface area contributed by atoms with Gasteiger partial charge in [-0.25, -0.2) is 9.18 Å². The number of ether oxygens (including phenoxy) is 1. The molecule has 0 spiro atoms. The van der Waals surface area contributed by atoms with Crippen molar-refractivity contribution >= 4 is 5.97 Å². The van der Waals surface area contributed by atoms with E-state index < -0.39 is 11.8 Å². The molecule has 4 nitrogen and oxygen atoms in total. The maximum absolute atomic E-state index is 13.6. The summed E-state index contributed by atoms with van der Waals surface area (Å²) >= 11 is 0. The fourth-order valence-corrected chi connectivity index (χ4v) is 2.71. The quantitative estimate of drug-likeness (QED) is 0.870. The van der Waals surface area contributed by atoms with Crippen LogP contribution in [-0.2, 0) is 11.3 Å². The lowest BCUT2D eigenvalue weighted by Gasteiger charge is -2.51. The second-order valence-electron chi connectivity index (χ2n) is 5.83. The zero-order chi connectivity index (χ0) is 14.9. The summed E-state index contributed by atoms with van der Waals surface area (Å²) < 4.78 is 18.9. The highest BCUT2D eigenvalue weighted by Gasteiger charge is 2.48. The Morgan fingerprint density at radius 3 is 2.75 bits per heavy atom. The van der Waals surface area contributed by atoms with Gasteiger partial charge in [0.2, 0.25) is 0 Å². The fraction of sp³-hybridized carbons (Fsp3) is 0.533. The first-order valence-electron chi connectivity index (χ1n) is 6.64. The molecular formula is C15H20FNO3. The maximum atomic E-state index is 13.6. The molecule has 1 saturated carbocycles. The second-order valence-corrected chi connectivity index (χ2v) is 5.83. The van der Waals surface area contributed by atoms with Gasteiger partial charge in [0, 0.05) is 25.1 Å². The Hall–Kier alpha value is -1.46. The molecule has 1 aromatic carbocycles. The van der Waals surface area contributed by atoms with E-state index in [0.717, 1.165) is 12.0 Å². The van der Waals surface area contributed by atoms with E-state index in [1.807, 2.05) is 0 Å². The Labute approximate surface area is 117 Å². The Bertz CT molecular complexity index is 516. The maximum Gasteiger partial charge on any atom is 0.338 e. The summed E-state index contributed by atoms with van der Waals surface area (Å²) in [6.07, 6.45) is 1.17. The Morgan fingerprint density at radius 2 is 2.25 bits per heavy atom. The van der Waals surface area contributed by atoms with E-state index in [2.05, 4.69) is 19.2 Å². The summed E-state index contributed by atoms with van der Waals surface area (Å²) in [7, 11) is 1.71. The van der Waals surface area contributed by atoms with Gasteiger partial charge in [-0.2, -0.15) is 0 Å². The number of carboxylic acid groups (broad SMARTS) is 1. The number of hydrogen-bond donors (Lipinski definition) is 2. The lowest BCUT2D eigenvalue weighted by Crippen LogP contribution is -2.60. The first-order valence-corrected chi connectivity index (χ1v) is 6.64. The highest BCUT2D eigenvalue weighted by molar-refractivity contribution is 5.87.